The molecule has 0 spiro atoms. The fraction of sp³-hybridized carbons (Fsp3) is 0.611. The number of halogens is 1. The van der Waals surface area contributed by atoms with Gasteiger partial charge in [0.15, 0.2) is 0 Å². The molecule has 1 amide bonds. The van der Waals surface area contributed by atoms with Crippen LogP contribution < -0.4 is 0 Å². The van der Waals surface area contributed by atoms with Crippen LogP contribution in [-0.2, 0) is 0 Å². The molecular formula is C18H26ClN3O2. The van der Waals surface area contributed by atoms with E-state index in [9.17, 15) is 9.90 Å². The second-order valence-electron chi connectivity index (χ2n) is 7.02. The number of likely N-dealkylation sites (N-methyl/N-ethyl adjacent to an activating group) is 1. The molecule has 1 unspecified atom stereocenters. The number of piperidine rings is 1. The number of rotatable bonds is 3. The minimum atomic E-state index is -0.0905. The molecule has 2 aliphatic heterocycles. The Morgan fingerprint density at radius 2 is 2.00 bits per heavy atom. The molecule has 2 aliphatic rings. The molecule has 0 aliphatic carbocycles. The highest BCUT2D eigenvalue weighted by Crippen LogP contribution is 2.26. The first-order valence-corrected chi connectivity index (χ1v) is 9.09. The summed E-state index contributed by atoms with van der Waals surface area (Å²) in [5.74, 6) is 0.390. The zero-order chi connectivity index (χ0) is 17.1. The van der Waals surface area contributed by atoms with E-state index in [2.05, 4.69) is 16.8 Å². The molecule has 0 aromatic heterocycles. The number of phenols is 1. The molecular weight excluding hydrogens is 326 g/mol. The van der Waals surface area contributed by atoms with E-state index in [1.807, 2.05) is 4.90 Å². The molecule has 0 saturated carbocycles. The van der Waals surface area contributed by atoms with Crippen molar-refractivity contribution in [3.05, 3.63) is 28.8 Å². The number of carbonyl (C=O) groups is 1. The highest BCUT2D eigenvalue weighted by Gasteiger charge is 2.27. The number of hydrogen-bond acceptors (Lipinski definition) is 4. The van der Waals surface area contributed by atoms with E-state index in [0.29, 0.717) is 16.5 Å². The minimum Gasteiger partial charge on any atom is -0.507 e. The molecule has 2 saturated heterocycles. The van der Waals surface area contributed by atoms with Gasteiger partial charge in [0.2, 0.25) is 0 Å². The molecule has 0 radical (unpaired) electrons. The number of carbonyl (C=O) groups excluding carboxylic acids is 1. The van der Waals surface area contributed by atoms with Crippen molar-refractivity contribution >= 4 is 17.5 Å². The van der Waals surface area contributed by atoms with Crippen LogP contribution in [0, 0.1) is 5.92 Å². The summed E-state index contributed by atoms with van der Waals surface area (Å²) >= 11 is 5.86. The minimum absolute atomic E-state index is 0.0336. The van der Waals surface area contributed by atoms with Crippen molar-refractivity contribution in [3.63, 3.8) is 0 Å². The maximum absolute atomic E-state index is 12.7. The Bertz CT molecular complexity index is 588. The molecule has 5 nitrogen and oxygen atoms in total. The normalized spacial score (nSPS) is 23.4. The maximum atomic E-state index is 12.7. The third-order valence-corrected chi connectivity index (χ3v) is 5.34. The first-order chi connectivity index (χ1) is 11.5. The Morgan fingerprint density at radius 1 is 1.25 bits per heavy atom. The summed E-state index contributed by atoms with van der Waals surface area (Å²) < 4.78 is 0. The van der Waals surface area contributed by atoms with E-state index in [0.717, 1.165) is 52.2 Å². The third kappa shape index (κ3) is 4.21. The van der Waals surface area contributed by atoms with Crippen LogP contribution in [0.4, 0.5) is 0 Å². The summed E-state index contributed by atoms with van der Waals surface area (Å²) in [6, 6.07) is 4.70. The monoisotopic (exact) mass is 351 g/mol. The van der Waals surface area contributed by atoms with Gasteiger partial charge in [-0.25, -0.2) is 0 Å². The largest absolute Gasteiger partial charge is 0.507 e. The number of aromatic hydroxyl groups is 1. The fourth-order valence-corrected chi connectivity index (χ4v) is 3.82. The second kappa shape index (κ2) is 7.72. The molecule has 24 heavy (non-hydrogen) atoms. The van der Waals surface area contributed by atoms with E-state index in [1.54, 1.807) is 12.1 Å². The Balaban J connectivity index is 1.59. The lowest BCUT2D eigenvalue weighted by atomic mass is 9.96. The lowest BCUT2D eigenvalue weighted by Crippen LogP contribution is -2.49. The van der Waals surface area contributed by atoms with Gasteiger partial charge in [0, 0.05) is 50.8 Å². The summed E-state index contributed by atoms with van der Waals surface area (Å²) in [5.41, 5.74) is 0.347. The van der Waals surface area contributed by atoms with Crippen LogP contribution >= 0.6 is 11.6 Å². The fourth-order valence-electron chi connectivity index (χ4n) is 3.65. The molecule has 1 aromatic rings. The predicted octanol–water partition coefficient (Wildman–Crippen LogP) is 2.15. The predicted molar refractivity (Wildman–Crippen MR) is 95.7 cm³/mol. The number of benzene rings is 1. The zero-order valence-electron chi connectivity index (χ0n) is 14.2. The summed E-state index contributed by atoms with van der Waals surface area (Å²) in [4.78, 5) is 19.5. The lowest BCUT2D eigenvalue weighted by molar-refractivity contribution is 0.0606. The molecule has 3 rings (SSSR count). The van der Waals surface area contributed by atoms with Crippen LogP contribution in [-0.4, -0.2) is 78.6 Å². The van der Waals surface area contributed by atoms with Gasteiger partial charge in [0.25, 0.3) is 5.91 Å². The summed E-state index contributed by atoms with van der Waals surface area (Å²) in [7, 11) is 2.16. The maximum Gasteiger partial charge on any atom is 0.257 e. The zero-order valence-corrected chi connectivity index (χ0v) is 15.0. The number of hydrogen-bond donors (Lipinski definition) is 1. The number of likely N-dealkylation sites (tertiary alicyclic amines) is 1. The van der Waals surface area contributed by atoms with Gasteiger partial charge in [-0.15, -0.1) is 0 Å². The van der Waals surface area contributed by atoms with Gasteiger partial charge in [-0.2, -0.15) is 0 Å². The van der Waals surface area contributed by atoms with E-state index in [-0.39, 0.29) is 11.7 Å². The third-order valence-electron chi connectivity index (χ3n) is 5.11. The van der Waals surface area contributed by atoms with Crippen LogP contribution in [0.25, 0.3) is 0 Å². The Labute approximate surface area is 148 Å². The van der Waals surface area contributed by atoms with Gasteiger partial charge in [0.05, 0.1) is 5.56 Å². The SMILES string of the molecule is CN1CCN(CC2CCCN(C(=O)c3ccc(Cl)cc3O)C2)CC1. The van der Waals surface area contributed by atoms with E-state index >= 15 is 0 Å². The second-order valence-corrected chi connectivity index (χ2v) is 7.46. The van der Waals surface area contributed by atoms with Crippen molar-refractivity contribution in [1.82, 2.24) is 14.7 Å². The van der Waals surface area contributed by atoms with E-state index in [4.69, 9.17) is 11.6 Å². The molecule has 2 fully saturated rings. The van der Waals surface area contributed by atoms with Crippen LogP contribution in [0.1, 0.15) is 23.2 Å². The van der Waals surface area contributed by atoms with Crippen molar-refractivity contribution in [2.75, 3.05) is 52.9 Å². The van der Waals surface area contributed by atoms with Crippen LogP contribution in [0.15, 0.2) is 18.2 Å². The first kappa shape index (κ1) is 17.5. The summed E-state index contributed by atoms with van der Waals surface area (Å²) in [5, 5.41) is 10.4. The van der Waals surface area contributed by atoms with Crippen molar-refractivity contribution in [3.8, 4) is 5.75 Å². The van der Waals surface area contributed by atoms with Gasteiger partial charge in [0.1, 0.15) is 5.75 Å². The van der Waals surface area contributed by atoms with Crippen LogP contribution in [0.2, 0.25) is 5.02 Å². The topological polar surface area (TPSA) is 47.0 Å². The molecule has 1 aromatic carbocycles. The number of phenolic OH excluding ortho intramolecular Hbond substituents is 1. The summed E-state index contributed by atoms with van der Waals surface area (Å²) in [6.07, 6.45) is 2.20. The first-order valence-electron chi connectivity index (χ1n) is 8.71. The molecule has 0 bridgehead atoms. The van der Waals surface area contributed by atoms with E-state index < -0.39 is 0 Å². The molecule has 2 heterocycles. The Kier molecular flexibility index (Phi) is 5.64. The Morgan fingerprint density at radius 3 is 2.71 bits per heavy atom. The molecule has 1 N–H and O–H groups in total. The number of amides is 1. The lowest BCUT2D eigenvalue weighted by Gasteiger charge is -2.38. The van der Waals surface area contributed by atoms with Gasteiger partial charge in [-0.1, -0.05) is 11.6 Å². The van der Waals surface area contributed by atoms with Gasteiger partial charge >= 0.3 is 0 Å². The molecule has 6 heteroatoms. The smallest absolute Gasteiger partial charge is 0.257 e. The standard InChI is InChI=1S/C18H26ClN3O2/c1-20-7-9-21(10-8-20)12-14-3-2-6-22(13-14)18(24)16-5-4-15(19)11-17(16)23/h4-5,11,14,23H,2-3,6-10,12-13H2,1H3. The van der Waals surface area contributed by atoms with Crippen molar-refractivity contribution < 1.29 is 9.90 Å². The average molecular weight is 352 g/mol. The van der Waals surface area contributed by atoms with Crippen molar-refractivity contribution in [2.24, 2.45) is 5.92 Å². The average Bonchev–Trinajstić information content (AvgIpc) is 2.57. The summed E-state index contributed by atoms with van der Waals surface area (Å²) in [6.45, 7) is 7.05. The van der Waals surface area contributed by atoms with Crippen LogP contribution in [0.3, 0.4) is 0 Å². The van der Waals surface area contributed by atoms with Crippen molar-refractivity contribution in [1.29, 1.82) is 0 Å². The van der Waals surface area contributed by atoms with Crippen molar-refractivity contribution in [2.45, 2.75) is 12.8 Å². The quantitative estimate of drug-likeness (QED) is 0.906. The van der Waals surface area contributed by atoms with E-state index in [1.165, 1.54) is 12.5 Å². The Hall–Kier alpha value is -1.30. The van der Waals surface area contributed by atoms with Crippen LogP contribution in [0.5, 0.6) is 5.75 Å². The number of piperazine rings is 1. The number of nitrogens with zero attached hydrogens (tertiary/aromatic N) is 3. The van der Waals surface area contributed by atoms with Gasteiger partial charge in [-0.05, 0) is 44.0 Å². The van der Waals surface area contributed by atoms with Gasteiger partial charge < -0.3 is 19.8 Å². The highest BCUT2D eigenvalue weighted by atomic mass is 35.5. The molecule has 1 atom stereocenters. The molecule has 132 valence electrons. The highest BCUT2D eigenvalue weighted by molar-refractivity contribution is 6.30. The van der Waals surface area contributed by atoms with Gasteiger partial charge in [-0.3, -0.25) is 4.79 Å².